The second kappa shape index (κ2) is 11.0. The molecule has 0 saturated carbocycles. The van der Waals surface area contributed by atoms with Crippen LogP contribution < -0.4 is 9.46 Å². The van der Waals surface area contributed by atoms with Gasteiger partial charge in [-0.3, -0.25) is 4.98 Å². The number of pyridine rings is 1. The predicted octanol–water partition coefficient (Wildman–Crippen LogP) is 5.52. The van der Waals surface area contributed by atoms with Gasteiger partial charge >= 0.3 is 5.97 Å². The minimum Gasteiger partial charge on any atom is -0.482 e. The summed E-state index contributed by atoms with van der Waals surface area (Å²) in [6, 6.07) is 14.0. The third kappa shape index (κ3) is 6.96. The Morgan fingerprint density at radius 3 is 2.51 bits per heavy atom. The van der Waals surface area contributed by atoms with E-state index in [1.807, 2.05) is 52.0 Å². The molecule has 7 nitrogen and oxygen atoms in total. The van der Waals surface area contributed by atoms with E-state index in [0.29, 0.717) is 12.2 Å². The highest BCUT2D eigenvalue weighted by molar-refractivity contribution is 7.89. The van der Waals surface area contributed by atoms with Gasteiger partial charge in [0.25, 0.3) is 0 Å². The zero-order valence-electron chi connectivity index (χ0n) is 21.8. The minimum absolute atomic E-state index is 0.201. The van der Waals surface area contributed by atoms with Gasteiger partial charge in [-0.15, -0.1) is 0 Å². The molecule has 1 atom stereocenters. The zero-order chi connectivity index (χ0) is 26.6. The summed E-state index contributed by atoms with van der Waals surface area (Å²) in [5.41, 5.74) is 4.10. The lowest BCUT2D eigenvalue weighted by atomic mass is 9.99. The Labute approximate surface area is 219 Å². The van der Waals surface area contributed by atoms with Crippen LogP contribution in [0, 0.1) is 6.92 Å². The zero-order valence-corrected chi connectivity index (χ0v) is 22.6. The Morgan fingerprint density at radius 1 is 1.05 bits per heavy atom. The molecule has 1 unspecified atom stereocenters. The Hall–Kier alpha value is -3.23. The van der Waals surface area contributed by atoms with Crippen molar-refractivity contribution in [1.82, 2.24) is 9.71 Å². The van der Waals surface area contributed by atoms with Crippen molar-refractivity contribution in [3.05, 3.63) is 77.6 Å². The minimum atomic E-state index is -3.77. The SMILES string of the molecule is Cc1cncc(-c2ccc(S(=O)(=O)NC3CCCCc4c(OCC(=O)OC(C)(C)C)cccc43)cc2)c1. The Balaban J connectivity index is 1.53. The van der Waals surface area contributed by atoms with Crippen molar-refractivity contribution >= 4 is 16.0 Å². The van der Waals surface area contributed by atoms with Gasteiger partial charge in [0.1, 0.15) is 11.4 Å². The number of hydrogen-bond donors (Lipinski definition) is 1. The van der Waals surface area contributed by atoms with Gasteiger partial charge < -0.3 is 9.47 Å². The number of sulfonamides is 1. The van der Waals surface area contributed by atoms with Crippen LogP contribution >= 0.6 is 0 Å². The number of ether oxygens (including phenoxy) is 2. The first-order valence-corrected chi connectivity index (χ1v) is 14.0. The van der Waals surface area contributed by atoms with E-state index in [0.717, 1.165) is 47.1 Å². The maximum absolute atomic E-state index is 13.3. The largest absolute Gasteiger partial charge is 0.482 e. The van der Waals surface area contributed by atoms with Crippen molar-refractivity contribution in [2.75, 3.05) is 6.61 Å². The molecule has 0 fully saturated rings. The average Bonchev–Trinajstić information content (AvgIpc) is 3.04. The summed E-state index contributed by atoms with van der Waals surface area (Å²) in [5, 5.41) is 0. The summed E-state index contributed by atoms with van der Waals surface area (Å²) in [6.45, 7) is 7.20. The first kappa shape index (κ1) is 26.8. The first-order chi connectivity index (χ1) is 17.5. The number of carbonyl (C=O) groups excluding carboxylic acids is 1. The number of hydrogen-bond acceptors (Lipinski definition) is 6. The standard InChI is InChI=1S/C29H34N2O5S/c1-20-16-22(18-30-17-20)21-12-14-23(15-13-21)37(33,34)31-26-10-6-5-8-25-24(26)9-7-11-27(25)35-19-28(32)36-29(2,3)4/h7,9,11-18,26,31H,5-6,8,10,19H2,1-4H3. The first-order valence-electron chi connectivity index (χ1n) is 12.5. The van der Waals surface area contributed by atoms with Gasteiger partial charge in [-0.1, -0.05) is 30.7 Å². The van der Waals surface area contributed by atoms with Crippen LogP contribution in [-0.4, -0.2) is 31.6 Å². The van der Waals surface area contributed by atoms with E-state index in [4.69, 9.17) is 9.47 Å². The number of nitrogens with zero attached hydrogens (tertiary/aromatic N) is 1. The van der Waals surface area contributed by atoms with E-state index in [2.05, 4.69) is 9.71 Å². The van der Waals surface area contributed by atoms with Gasteiger partial charge in [0.15, 0.2) is 6.61 Å². The molecule has 0 aliphatic heterocycles. The number of esters is 1. The third-order valence-electron chi connectivity index (χ3n) is 6.15. The second-order valence-electron chi connectivity index (χ2n) is 10.4. The van der Waals surface area contributed by atoms with Crippen molar-refractivity contribution in [2.45, 2.75) is 69.9 Å². The van der Waals surface area contributed by atoms with Crippen LogP contribution in [0.2, 0.25) is 0 Å². The van der Waals surface area contributed by atoms with Gasteiger partial charge in [0.05, 0.1) is 4.90 Å². The van der Waals surface area contributed by atoms with Crippen LogP contribution in [0.1, 0.15) is 62.8 Å². The molecule has 0 spiro atoms. The van der Waals surface area contributed by atoms with Gasteiger partial charge in [-0.2, -0.15) is 0 Å². The quantitative estimate of drug-likeness (QED) is 0.324. The lowest BCUT2D eigenvalue weighted by molar-refractivity contribution is -0.157. The highest BCUT2D eigenvalue weighted by Crippen LogP contribution is 2.35. The Kier molecular flexibility index (Phi) is 7.99. The molecule has 0 saturated heterocycles. The van der Waals surface area contributed by atoms with Crippen molar-refractivity contribution in [1.29, 1.82) is 0 Å². The van der Waals surface area contributed by atoms with Crippen LogP contribution in [0.5, 0.6) is 5.75 Å². The van der Waals surface area contributed by atoms with Gasteiger partial charge in [-0.05, 0) is 93.5 Å². The molecule has 8 heteroatoms. The van der Waals surface area contributed by atoms with E-state index in [1.54, 1.807) is 36.7 Å². The molecular weight excluding hydrogens is 488 g/mol. The van der Waals surface area contributed by atoms with Crippen molar-refractivity contribution < 1.29 is 22.7 Å². The predicted molar refractivity (Wildman–Crippen MR) is 143 cm³/mol. The molecule has 0 amide bonds. The molecule has 37 heavy (non-hydrogen) atoms. The van der Waals surface area contributed by atoms with Crippen LogP contribution in [0.3, 0.4) is 0 Å². The lowest BCUT2D eigenvalue weighted by Gasteiger charge is -2.22. The number of aryl methyl sites for hydroxylation is 1. The number of carbonyl (C=O) groups is 1. The number of aromatic nitrogens is 1. The van der Waals surface area contributed by atoms with Crippen molar-refractivity contribution in [3.8, 4) is 16.9 Å². The fourth-order valence-corrected chi connectivity index (χ4v) is 5.79. The third-order valence-corrected chi connectivity index (χ3v) is 7.64. The number of rotatable bonds is 7. The summed E-state index contributed by atoms with van der Waals surface area (Å²) in [5.74, 6) is 0.145. The number of nitrogens with one attached hydrogen (secondary N) is 1. The van der Waals surface area contributed by atoms with Gasteiger partial charge in [-0.25, -0.2) is 17.9 Å². The summed E-state index contributed by atoms with van der Waals surface area (Å²) in [7, 11) is -3.77. The topological polar surface area (TPSA) is 94.6 Å². The highest BCUT2D eigenvalue weighted by Gasteiger charge is 2.27. The molecule has 1 aliphatic carbocycles. The summed E-state index contributed by atoms with van der Waals surface area (Å²) in [6.07, 6.45) is 6.74. The molecule has 1 aromatic heterocycles. The Bertz CT molecular complexity index is 1360. The van der Waals surface area contributed by atoms with Crippen LogP contribution in [0.25, 0.3) is 11.1 Å². The van der Waals surface area contributed by atoms with E-state index in [9.17, 15) is 13.2 Å². The smallest absolute Gasteiger partial charge is 0.344 e. The molecule has 1 heterocycles. The summed E-state index contributed by atoms with van der Waals surface area (Å²) >= 11 is 0. The second-order valence-corrected chi connectivity index (χ2v) is 12.1. The molecule has 1 N–H and O–H groups in total. The van der Waals surface area contributed by atoms with Gasteiger partial charge in [0, 0.05) is 24.0 Å². The summed E-state index contributed by atoms with van der Waals surface area (Å²) in [4.78, 5) is 16.6. The number of fused-ring (bicyclic) bond motifs is 1. The molecule has 3 aromatic rings. The van der Waals surface area contributed by atoms with E-state index in [-0.39, 0.29) is 11.5 Å². The van der Waals surface area contributed by atoms with Crippen LogP contribution in [-0.2, 0) is 26.0 Å². The molecule has 0 radical (unpaired) electrons. The molecule has 1 aliphatic rings. The number of benzene rings is 2. The van der Waals surface area contributed by atoms with E-state index in [1.165, 1.54) is 0 Å². The maximum Gasteiger partial charge on any atom is 0.344 e. The molecule has 2 aromatic carbocycles. The summed E-state index contributed by atoms with van der Waals surface area (Å²) < 4.78 is 40.8. The van der Waals surface area contributed by atoms with Crippen LogP contribution in [0.4, 0.5) is 0 Å². The van der Waals surface area contributed by atoms with E-state index < -0.39 is 27.6 Å². The fourth-order valence-electron chi connectivity index (χ4n) is 4.54. The lowest BCUT2D eigenvalue weighted by Crippen LogP contribution is -2.29. The normalized spacial score (nSPS) is 15.9. The monoisotopic (exact) mass is 522 g/mol. The fraction of sp³-hybridized carbons (Fsp3) is 0.379. The van der Waals surface area contributed by atoms with Crippen LogP contribution in [0.15, 0.2) is 65.8 Å². The average molecular weight is 523 g/mol. The maximum atomic E-state index is 13.3. The molecule has 4 rings (SSSR count). The molecule has 196 valence electrons. The van der Waals surface area contributed by atoms with Crippen molar-refractivity contribution in [2.24, 2.45) is 0 Å². The Morgan fingerprint density at radius 2 is 1.81 bits per heavy atom. The molecular formula is C29H34N2O5S. The molecule has 0 bridgehead atoms. The van der Waals surface area contributed by atoms with E-state index >= 15 is 0 Å². The highest BCUT2D eigenvalue weighted by atomic mass is 32.2. The van der Waals surface area contributed by atoms with Gasteiger partial charge in [0.2, 0.25) is 10.0 Å². The van der Waals surface area contributed by atoms with Crippen molar-refractivity contribution in [3.63, 3.8) is 0 Å².